The third-order valence-electron chi connectivity index (χ3n) is 0.535. The van der Waals surface area contributed by atoms with Crippen LogP contribution in [0.5, 0.6) is 0 Å². The SMILES string of the molecule is CC1COS1. The predicted molar refractivity (Wildman–Crippen MR) is 23.0 cm³/mol. The second-order valence-electron chi connectivity index (χ2n) is 1.19. The maximum Gasteiger partial charge on any atom is 0.0752 e. The van der Waals surface area contributed by atoms with E-state index in [0.29, 0.717) is 0 Å². The van der Waals surface area contributed by atoms with E-state index in [0.717, 1.165) is 11.9 Å². The first-order valence-corrected chi connectivity index (χ1v) is 2.48. The van der Waals surface area contributed by atoms with E-state index in [-0.39, 0.29) is 0 Å². The van der Waals surface area contributed by atoms with Crippen molar-refractivity contribution in [2.75, 3.05) is 6.61 Å². The molecular weight excluding hydrogens is 84.1 g/mol. The highest BCUT2D eigenvalue weighted by Gasteiger charge is 2.11. The van der Waals surface area contributed by atoms with Gasteiger partial charge in [-0.1, -0.05) is 0 Å². The molecule has 1 heterocycles. The summed E-state index contributed by atoms with van der Waals surface area (Å²) >= 11 is 1.56. The van der Waals surface area contributed by atoms with Crippen molar-refractivity contribution in [1.82, 2.24) is 0 Å². The molecule has 5 heavy (non-hydrogen) atoms. The number of hydrogen-bond acceptors (Lipinski definition) is 2. The van der Waals surface area contributed by atoms with E-state index in [2.05, 4.69) is 6.92 Å². The fraction of sp³-hybridized carbons (Fsp3) is 1.00. The van der Waals surface area contributed by atoms with Crippen LogP contribution in [0.3, 0.4) is 0 Å². The summed E-state index contributed by atoms with van der Waals surface area (Å²) in [6, 6.07) is 0. The Morgan fingerprint density at radius 2 is 2.40 bits per heavy atom. The highest BCUT2D eigenvalue weighted by atomic mass is 32.2. The second kappa shape index (κ2) is 1.19. The van der Waals surface area contributed by atoms with E-state index >= 15 is 0 Å². The van der Waals surface area contributed by atoms with Crippen molar-refractivity contribution in [3.8, 4) is 0 Å². The predicted octanol–water partition coefficient (Wildman–Crippen LogP) is 1.05. The van der Waals surface area contributed by atoms with Crippen LogP contribution < -0.4 is 0 Å². The molecule has 1 saturated heterocycles. The lowest BCUT2D eigenvalue weighted by atomic mass is 10.5. The van der Waals surface area contributed by atoms with Crippen molar-refractivity contribution in [2.24, 2.45) is 0 Å². The average molecular weight is 90.1 g/mol. The van der Waals surface area contributed by atoms with Crippen LogP contribution in [0.4, 0.5) is 0 Å². The molecule has 1 aliphatic rings. The fourth-order valence-corrected chi connectivity index (χ4v) is 0.612. The largest absolute Gasteiger partial charge is 0.314 e. The van der Waals surface area contributed by atoms with Gasteiger partial charge in [0.2, 0.25) is 0 Å². The highest BCUT2D eigenvalue weighted by Crippen LogP contribution is 2.22. The van der Waals surface area contributed by atoms with Crippen LogP contribution in [-0.2, 0) is 4.18 Å². The monoisotopic (exact) mass is 90.0 g/mol. The van der Waals surface area contributed by atoms with Gasteiger partial charge in [-0.25, -0.2) is 0 Å². The van der Waals surface area contributed by atoms with E-state index in [4.69, 9.17) is 4.18 Å². The van der Waals surface area contributed by atoms with Gasteiger partial charge >= 0.3 is 0 Å². The molecule has 0 bridgehead atoms. The molecular formula is C3H6OS. The molecule has 1 nitrogen and oxygen atoms in total. The molecule has 0 spiro atoms. The molecule has 0 aliphatic carbocycles. The standard InChI is InChI=1S/C3H6OS/c1-3-2-4-5-3/h3H,2H2,1H3. The Labute approximate surface area is 35.9 Å². The minimum absolute atomic E-state index is 0.759. The van der Waals surface area contributed by atoms with E-state index in [1.54, 1.807) is 12.0 Å². The summed E-state index contributed by atoms with van der Waals surface area (Å²) in [4.78, 5) is 0. The molecule has 1 unspecified atom stereocenters. The van der Waals surface area contributed by atoms with Crippen molar-refractivity contribution in [3.63, 3.8) is 0 Å². The van der Waals surface area contributed by atoms with Crippen LogP contribution in [0.25, 0.3) is 0 Å². The van der Waals surface area contributed by atoms with Gasteiger partial charge in [-0.05, 0) is 19.0 Å². The Morgan fingerprint density at radius 1 is 2.00 bits per heavy atom. The van der Waals surface area contributed by atoms with Crippen molar-refractivity contribution >= 4 is 12.0 Å². The van der Waals surface area contributed by atoms with E-state index in [9.17, 15) is 0 Å². The summed E-state index contributed by atoms with van der Waals surface area (Å²) in [5, 5.41) is 0.759. The molecule has 1 aliphatic heterocycles. The Balaban J connectivity index is 2.08. The topological polar surface area (TPSA) is 9.23 Å². The summed E-state index contributed by atoms with van der Waals surface area (Å²) in [6.07, 6.45) is 0. The van der Waals surface area contributed by atoms with Crippen molar-refractivity contribution in [1.29, 1.82) is 0 Å². The highest BCUT2D eigenvalue weighted by molar-refractivity contribution is 7.96. The zero-order valence-electron chi connectivity index (χ0n) is 3.10. The molecule has 1 rings (SSSR count). The van der Waals surface area contributed by atoms with Gasteiger partial charge < -0.3 is 4.18 Å². The first-order valence-electron chi connectivity index (χ1n) is 1.68. The van der Waals surface area contributed by atoms with Crippen molar-refractivity contribution in [3.05, 3.63) is 0 Å². The van der Waals surface area contributed by atoms with Crippen LogP contribution in [0.1, 0.15) is 6.92 Å². The third-order valence-corrected chi connectivity index (χ3v) is 1.27. The lowest BCUT2D eigenvalue weighted by Crippen LogP contribution is -2.15. The Kier molecular flexibility index (Phi) is 0.830. The lowest BCUT2D eigenvalue weighted by Gasteiger charge is -2.17. The summed E-state index contributed by atoms with van der Waals surface area (Å²) in [5.74, 6) is 0. The molecule has 2 heteroatoms. The Bertz CT molecular complexity index is 33.9. The maximum atomic E-state index is 4.75. The molecule has 0 aromatic heterocycles. The van der Waals surface area contributed by atoms with E-state index < -0.39 is 0 Å². The molecule has 0 aromatic rings. The van der Waals surface area contributed by atoms with Crippen molar-refractivity contribution in [2.45, 2.75) is 12.2 Å². The molecule has 0 amide bonds. The molecule has 0 saturated carbocycles. The van der Waals surface area contributed by atoms with Crippen LogP contribution >= 0.6 is 12.0 Å². The van der Waals surface area contributed by atoms with Gasteiger partial charge in [0.15, 0.2) is 0 Å². The van der Waals surface area contributed by atoms with Crippen molar-refractivity contribution < 1.29 is 4.18 Å². The molecule has 1 fully saturated rings. The van der Waals surface area contributed by atoms with Gasteiger partial charge in [-0.2, -0.15) is 0 Å². The number of hydrogen-bond donors (Lipinski definition) is 0. The summed E-state index contributed by atoms with van der Waals surface area (Å²) < 4.78 is 4.75. The van der Waals surface area contributed by atoms with Gasteiger partial charge in [0.1, 0.15) is 0 Å². The molecule has 0 radical (unpaired) electrons. The first kappa shape index (κ1) is 3.50. The van der Waals surface area contributed by atoms with Crippen LogP contribution in [-0.4, -0.2) is 11.9 Å². The maximum absolute atomic E-state index is 4.75. The molecule has 30 valence electrons. The fourth-order valence-electron chi connectivity index (χ4n) is 0.204. The summed E-state index contributed by atoms with van der Waals surface area (Å²) in [6.45, 7) is 3.10. The third kappa shape index (κ3) is 0.578. The van der Waals surface area contributed by atoms with Gasteiger partial charge in [0, 0.05) is 0 Å². The first-order chi connectivity index (χ1) is 2.39. The minimum Gasteiger partial charge on any atom is -0.314 e. The quantitative estimate of drug-likeness (QED) is 0.411. The zero-order chi connectivity index (χ0) is 3.70. The van der Waals surface area contributed by atoms with Crippen LogP contribution in [0.2, 0.25) is 0 Å². The second-order valence-corrected chi connectivity index (χ2v) is 2.42. The smallest absolute Gasteiger partial charge is 0.0752 e. The minimum atomic E-state index is 0.759. The van der Waals surface area contributed by atoms with Gasteiger partial charge in [-0.15, -0.1) is 0 Å². The number of rotatable bonds is 0. The molecule has 1 atom stereocenters. The van der Waals surface area contributed by atoms with E-state index in [1.807, 2.05) is 0 Å². The zero-order valence-corrected chi connectivity index (χ0v) is 3.92. The molecule has 0 N–H and O–H groups in total. The summed E-state index contributed by atoms with van der Waals surface area (Å²) in [5.41, 5.74) is 0. The van der Waals surface area contributed by atoms with Gasteiger partial charge in [0.05, 0.1) is 11.9 Å². The Hall–Kier alpha value is 0.310. The van der Waals surface area contributed by atoms with Crippen LogP contribution in [0, 0.1) is 0 Å². The van der Waals surface area contributed by atoms with Gasteiger partial charge in [0.25, 0.3) is 0 Å². The average Bonchev–Trinajstić information content (AvgIpc) is 1.30. The summed E-state index contributed by atoms with van der Waals surface area (Å²) in [7, 11) is 0. The van der Waals surface area contributed by atoms with E-state index in [1.165, 1.54) is 0 Å². The van der Waals surface area contributed by atoms with Crippen LogP contribution in [0.15, 0.2) is 0 Å². The lowest BCUT2D eigenvalue weighted by molar-refractivity contribution is 0.322. The Morgan fingerprint density at radius 3 is 2.40 bits per heavy atom. The molecule has 0 aromatic carbocycles. The van der Waals surface area contributed by atoms with Gasteiger partial charge in [-0.3, -0.25) is 0 Å². The normalized spacial score (nSPS) is 36.6.